The molecule has 0 fully saturated rings. The van der Waals surface area contributed by atoms with E-state index >= 15 is 0 Å². The van der Waals surface area contributed by atoms with Crippen LogP contribution in [-0.4, -0.2) is 22.1 Å². The van der Waals surface area contributed by atoms with Gasteiger partial charge in [0.15, 0.2) is 6.61 Å². The lowest BCUT2D eigenvalue weighted by Gasteiger charge is -2.04. The minimum atomic E-state index is -0.630. The number of aryl methyl sites for hydroxylation is 2. The quantitative estimate of drug-likeness (QED) is 0.785. The fraction of sp³-hybridized carbons (Fsp3) is 0.333. The van der Waals surface area contributed by atoms with Gasteiger partial charge in [-0.25, -0.2) is 4.98 Å². The van der Waals surface area contributed by atoms with Gasteiger partial charge in [-0.2, -0.15) is 5.26 Å². The van der Waals surface area contributed by atoms with E-state index in [9.17, 15) is 9.59 Å². The molecule has 0 saturated carbocycles. The molecule has 0 N–H and O–H groups in total. The summed E-state index contributed by atoms with van der Waals surface area (Å²) < 4.78 is 5.81. The Morgan fingerprint density at radius 1 is 1.58 bits per heavy atom. The minimum Gasteiger partial charge on any atom is -0.449 e. The largest absolute Gasteiger partial charge is 0.449 e. The standard InChI is InChI=1S/C12H11N3O3S/c1-7-8(2)19-11-10(7)12(17)15(6-14-11)5-9(16)18-4-3-13/h6H,4-5H2,1-2H3. The van der Waals surface area contributed by atoms with Gasteiger partial charge in [0, 0.05) is 4.88 Å². The normalized spacial score (nSPS) is 10.4. The van der Waals surface area contributed by atoms with Gasteiger partial charge in [-0.1, -0.05) is 0 Å². The zero-order chi connectivity index (χ0) is 14.0. The molecular formula is C12H11N3O3S. The molecule has 2 aromatic heterocycles. The number of hydrogen-bond donors (Lipinski definition) is 0. The van der Waals surface area contributed by atoms with E-state index in [1.165, 1.54) is 22.2 Å². The number of rotatable bonds is 3. The van der Waals surface area contributed by atoms with Crippen LogP contribution < -0.4 is 5.56 Å². The van der Waals surface area contributed by atoms with Crippen molar-refractivity contribution in [1.82, 2.24) is 9.55 Å². The van der Waals surface area contributed by atoms with E-state index in [-0.39, 0.29) is 18.7 Å². The van der Waals surface area contributed by atoms with Gasteiger partial charge in [-0.05, 0) is 19.4 Å². The number of carbonyl (C=O) groups is 1. The summed E-state index contributed by atoms with van der Waals surface area (Å²) in [7, 11) is 0. The predicted molar refractivity (Wildman–Crippen MR) is 69.9 cm³/mol. The highest BCUT2D eigenvalue weighted by molar-refractivity contribution is 7.18. The summed E-state index contributed by atoms with van der Waals surface area (Å²) >= 11 is 1.45. The van der Waals surface area contributed by atoms with Crippen molar-refractivity contribution in [1.29, 1.82) is 5.26 Å². The van der Waals surface area contributed by atoms with Crippen molar-refractivity contribution in [2.24, 2.45) is 0 Å². The van der Waals surface area contributed by atoms with E-state index in [4.69, 9.17) is 5.26 Å². The van der Waals surface area contributed by atoms with Crippen LogP contribution >= 0.6 is 11.3 Å². The highest BCUT2D eigenvalue weighted by Crippen LogP contribution is 2.25. The van der Waals surface area contributed by atoms with E-state index in [2.05, 4.69) is 9.72 Å². The van der Waals surface area contributed by atoms with Crippen molar-refractivity contribution in [2.75, 3.05) is 6.61 Å². The van der Waals surface area contributed by atoms with Crippen LogP contribution in [0.2, 0.25) is 0 Å². The zero-order valence-corrected chi connectivity index (χ0v) is 11.3. The Balaban J connectivity index is 2.38. The number of hydrogen-bond acceptors (Lipinski definition) is 6. The Labute approximate surface area is 112 Å². The maximum Gasteiger partial charge on any atom is 0.327 e. The molecule has 0 amide bonds. The molecule has 0 unspecified atom stereocenters. The topological polar surface area (TPSA) is 85.0 Å². The van der Waals surface area contributed by atoms with Crippen molar-refractivity contribution in [3.05, 3.63) is 27.1 Å². The zero-order valence-electron chi connectivity index (χ0n) is 10.5. The first-order valence-electron chi connectivity index (χ1n) is 5.52. The van der Waals surface area contributed by atoms with Crippen LogP contribution in [0.15, 0.2) is 11.1 Å². The van der Waals surface area contributed by atoms with E-state index in [0.717, 1.165) is 10.4 Å². The third-order valence-corrected chi connectivity index (χ3v) is 3.87. The van der Waals surface area contributed by atoms with Gasteiger partial charge in [0.2, 0.25) is 0 Å². The first-order valence-corrected chi connectivity index (χ1v) is 6.34. The molecule has 2 rings (SSSR count). The van der Waals surface area contributed by atoms with Crippen LogP contribution in [0.1, 0.15) is 10.4 Å². The first kappa shape index (κ1) is 13.2. The van der Waals surface area contributed by atoms with E-state index < -0.39 is 5.97 Å². The number of nitrogens with zero attached hydrogens (tertiary/aromatic N) is 3. The summed E-state index contributed by atoms with van der Waals surface area (Å²) in [6.45, 7) is 3.22. The smallest absolute Gasteiger partial charge is 0.327 e. The number of esters is 1. The SMILES string of the molecule is Cc1sc2ncn(CC(=O)OCC#N)c(=O)c2c1C. The average molecular weight is 277 g/mol. The number of thiophene rings is 1. The lowest BCUT2D eigenvalue weighted by molar-refractivity contribution is -0.143. The Morgan fingerprint density at radius 3 is 3.00 bits per heavy atom. The van der Waals surface area contributed by atoms with E-state index in [1.807, 2.05) is 13.8 Å². The second kappa shape index (κ2) is 5.20. The molecule has 0 aliphatic carbocycles. The second-order valence-electron chi connectivity index (χ2n) is 3.96. The molecule has 19 heavy (non-hydrogen) atoms. The molecule has 0 aliphatic heterocycles. The number of nitriles is 1. The molecule has 98 valence electrons. The summed E-state index contributed by atoms with van der Waals surface area (Å²) in [5.74, 6) is -0.630. The average Bonchev–Trinajstić information content (AvgIpc) is 2.67. The summed E-state index contributed by atoms with van der Waals surface area (Å²) in [5, 5.41) is 8.85. The first-order chi connectivity index (χ1) is 9.04. The van der Waals surface area contributed by atoms with Crippen LogP contribution in [0, 0.1) is 25.2 Å². The molecule has 2 aromatic rings. The van der Waals surface area contributed by atoms with Gasteiger partial charge in [0.25, 0.3) is 5.56 Å². The number of fused-ring (bicyclic) bond motifs is 1. The highest BCUT2D eigenvalue weighted by atomic mass is 32.1. The Bertz CT molecular complexity index is 739. The Morgan fingerprint density at radius 2 is 2.32 bits per heavy atom. The van der Waals surface area contributed by atoms with Crippen molar-refractivity contribution in [3.63, 3.8) is 0 Å². The van der Waals surface area contributed by atoms with Crippen LogP contribution in [-0.2, 0) is 16.1 Å². The minimum absolute atomic E-state index is 0.238. The van der Waals surface area contributed by atoms with E-state index in [0.29, 0.717) is 10.2 Å². The van der Waals surface area contributed by atoms with Gasteiger partial charge < -0.3 is 4.74 Å². The predicted octanol–water partition coefficient (Wildman–Crippen LogP) is 1.14. The Kier molecular flexibility index (Phi) is 3.62. The molecule has 0 aliphatic rings. The van der Waals surface area contributed by atoms with Crippen LogP contribution in [0.5, 0.6) is 0 Å². The molecule has 0 bridgehead atoms. The lowest BCUT2D eigenvalue weighted by Crippen LogP contribution is -2.25. The number of ether oxygens (including phenoxy) is 1. The third kappa shape index (κ3) is 2.48. The van der Waals surface area contributed by atoms with Gasteiger partial charge in [0.05, 0.1) is 11.7 Å². The molecule has 7 heteroatoms. The molecule has 0 aromatic carbocycles. The van der Waals surface area contributed by atoms with Crippen molar-refractivity contribution >= 4 is 27.5 Å². The maximum atomic E-state index is 12.2. The molecule has 2 heterocycles. The fourth-order valence-electron chi connectivity index (χ4n) is 1.68. The second-order valence-corrected chi connectivity index (χ2v) is 5.16. The molecule has 0 spiro atoms. The van der Waals surface area contributed by atoms with Crippen LogP contribution in [0.4, 0.5) is 0 Å². The third-order valence-electron chi connectivity index (χ3n) is 2.75. The highest BCUT2D eigenvalue weighted by Gasteiger charge is 2.13. The monoisotopic (exact) mass is 277 g/mol. The van der Waals surface area contributed by atoms with Gasteiger partial charge in [-0.15, -0.1) is 11.3 Å². The summed E-state index contributed by atoms with van der Waals surface area (Å²) in [6, 6.07) is 1.70. The van der Waals surface area contributed by atoms with Gasteiger partial charge >= 0.3 is 5.97 Å². The number of carbonyl (C=O) groups excluding carboxylic acids is 1. The molecular weight excluding hydrogens is 266 g/mol. The maximum absolute atomic E-state index is 12.2. The van der Waals surface area contributed by atoms with Gasteiger partial charge in [-0.3, -0.25) is 14.2 Å². The van der Waals surface area contributed by atoms with Crippen molar-refractivity contribution in [3.8, 4) is 6.07 Å². The van der Waals surface area contributed by atoms with Crippen molar-refractivity contribution < 1.29 is 9.53 Å². The van der Waals surface area contributed by atoms with E-state index in [1.54, 1.807) is 6.07 Å². The number of aromatic nitrogens is 2. The fourth-order valence-corrected chi connectivity index (χ4v) is 2.67. The van der Waals surface area contributed by atoms with Crippen LogP contribution in [0.3, 0.4) is 0 Å². The van der Waals surface area contributed by atoms with Crippen molar-refractivity contribution in [2.45, 2.75) is 20.4 Å². The van der Waals surface area contributed by atoms with Gasteiger partial charge in [0.1, 0.15) is 17.4 Å². The Hall–Kier alpha value is -2.20. The summed E-state index contributed by atoms with van der Waals surface area (Å²) in [5.41, 5.74) is 0.623. The molecule has 0 atom stereocenters. The summed E-state index contributed by atoms with van der Waals surface area (Å²) in [4.78, 5) is 29.5. The molecule has 0 radical (unpaired) electrons. The summed E-state index contributed by atoms with van der Waals surface area (Å²) in [6.07, 6.45) is 1.33. The lowest BCUT2D eigenvalue weighted by atomic mass is 10.2. The van der Waals surface area contributed by atoms with Crippen LogP contribution in [0.25, 0.3) is 10.2 Å². The molecule has 6 nitrogen and oxygen atoms in total. The molecule has 0 saturated heterocycles.